The lowest BCUT2D eigenvalue weighted by Crippen LogP contribution is -2.17. The number of aromatic nitrogens is 1. The van der Waals surface area contributed by atoms with Gasteiger partial charge >= 0.3 is 0 Å². The fraction of sp³-hybridized carbons (Fsp3) is 0.333. The van der Waals surface area contributed by atoms with E-state index < -0.39 is 5.92 Å². The van der Waals surface area contributed by atoms with Gasteiger partial charge in [0.25, 0.3) is 0 Å². The van der Waals surface area contributed by atoms with Gasteiger partial charge in [0.2, 0.25) is 0 Å². The zero-order chi connectivity index (χ0) is 8.72. The lowest BCUT2D eigenvalue weighted by atomic mass is 10.0. The van der Waals surface area contributed by atoms with Gasteiger partial charge in [-0.1, -0.05) is 0 Å². The molecule has 0 saturated carbocycles. The summed E-state index contributed by atoms with van der Waals surface area (Å²) in [6.07, 6.45) is 1.83. The maximum Gasteiger partial charge on any atom is 0.191 e. The number of carbonyl (C=O) groups is 2. The van der Waals surface area contributed by atoms with E-state index in [1.807, 2.05) is 16.8 Å². The Labute approximate surface area is 70.0 Å². The van der Waals surface area contributed by atoms with Crippen molar-refractivity contribution in [3.8, 4) is 0 Å². The Morgan fingerprint density at radius 1 is 1.67 bits per heavy atom. The highest BCUT2D eigenvalue weighted by molar-refractivity contribution is 6.10. The monoisotopic (exact) mass is 163 g/mol. The number of hydrogen-bond donors (Lipinski definition) is 0. The summed E-state index contributed by atoms with van der Waals surface area (Å²) in [5.41, 5.74) is 0.662. The largest absolute Gasteiger partial charge is 0.344 e. The van der Waals surface area contributed by atoms with E-state index in [4.69, 9.17) is 0 Å². The molecule has 3 heteroatoms. The van der Waals surface area contributed by atoms with Crippen LogP contribution in [0.15, 0.2) is 18.3 Å². The normalized spacial score (nSPS) is 21.1. The Kier molecular flexibility index (Phi) is 1.40. The molecule has 2 heterocycles. The molecule has 1 unspecified atom stereocenters. The van der Waals surface area contributed by atoms with Crippen molar-refractivity contribution in [2.24, 2.45) is 5.92 Å². The molecule has 1 aliphatic rings. The zero-order valence-electron chi connectivity index (χ0n) is 6.78. The quantitative estimate of drug-likeness (QED) is 0.577. The summed E-state index contributed by atoms with van der Waals surface area (Å²) >= 11 is 0. The number of rotatable bonds is 1. The molecular formula is C9H9NO2. The summed E-state index contributed by atoms with van der Waals surface area (Å²) in [7, 11) is 0. The number of ketones is 2. The third-order valence-corrected chi connectivity index (χ3v) is 2.27. The molecule has 0 aliphatic carbocycles. The van der Waals surface area contributed by atoms with Gasteiger partial charge in [-0.25, -0.2) is 0 Å². The fourth-order valence-corrected chi connectivity index (χ4v) is 1.57. The average Bonchev–Trinajstić information content (AvgIpc) is 2.53. The summed E-state index contributed by atoms with van der Waals surface area (Å²) < 4.78 is 1.83. The lowest BCUT2D eigenvalue weighted by Gasteiger charge is -1.99. The molecule has 0 bridgehead atoms. The first-order valence-electron chi connectivity index (χ1n) is 3.90. The van der Waals surface area contributed by atoms with Crippen LogP contribution < -0.4 is 0 Å². The second-order valence-corrected chi connectivity index (χ2v) is 3.07. The molecule has 1 aromatic heterocycles. The van der Waals surface area contributed by atoms with Crippen molar-refractivity contribution in [1.82, 2.24) is 4.57 Å². The molecule has 1 atom stereocenters. The Balaban J connectivity index is 2.39. The molecule has 0 radical (unpaired) electrons. The van der Waals surface area contributed by atoms with Crippen LogP contribution in [0.5, 0.6) is 0 Å². The first-order valence-corrected chi connectivity index (χ1v) is 3.90. The van der Waals surface area contributed by atoms with Crippen LogP contribution in [0.3, 0.4) is 0 Å². The first kappa shape index (κ1) is 7.28. The molecule has 12 heavy (non-hydrogen) atoms. The highest BCUT2D eigenvalue weighted by atomic mass is 16.2. The molecule has 1 aromatic rings. The van der Waals surface area contributed by atoms with Crippen molar-refractivity contribution in [3.05, 3.63) is 24.0 Å². The van der Waals surface area contributed by atoms with E-state index in [0.717, 1.165) is 0 Å². The molecule has 2 rings (SSSR count). The van der Waals surface area contributed by atoms with Crippen LogP contribution in [0, 0.1) is 5.92 Å². The van der Waals surface area contributed by atoms with E-state index in [1.165, 1.54) is 6.92 Å². The van der Waals surface area contributed by atoms with E-state index in [9.17, 15) is 9.59 Å². The van der Waals surface area contributed by atoms with Crippen molar-refractivity contribution in [3.63, 3.8) is 0 Å². The van der Waals surface area contributed by atoms with Gasteiger partial charge in [0.15, 0.2) is 5.78 Å². The molecule has 0 amide bonds. The predicted molar refractivity (Wildman–Crippen MR) is 42.9 cm³/mol. The smallest absolute Gasteiger partial charge is 0.191 e. The van der Waals surface area contributed by atoms with Gasteiger partial charge in [0.05, 0.1) is 5.69 Å². The van der Waals surface area contributed by atoms with Crippen LogP contribution in [-0.2, 0) is 11.3 Å². The fourth-order valence-electron chi connectivity index (χ4n) is 1.57. The van der Waals surface area contributed by atoms with E-state index in [2.05, 4.69) is 0 Å². The van der Waals surface area contributed by atoms with Gasteiger partial charge in [0, 0.05) is 12.7 Å². The molecule has 1 aliphatic heterocycles. The summed E-state index contributed by atoms with van der Waals surface area (Å²) in [6.45, 7) is 1.99. The van der Waals surface area contributed by atoms with Gasteiger partial charge < -0.3 is 4.57 Å². The summed E-state index contributed by atoms with van der Waals surface area (Å²) in [4.78, 5) is 22.4. The van der Waals surface area contributed by atoms with Crippen LogP contribution in [0.2, 0.25) is 0 Å². The third kappa shape index (κ3) is 0.826. The van der Waals surface area contributed by atoms with E-state index in [1.54, 1.807) is 6.07 Å². The molecule has 0 fully saturated rings. The van der Waals surface area contributed by atoms with Crippen LogP contribution in [0.4, 0.5) is 0 Å². The number of carbonyl (C=O) groups excluding carboxylic acids is 2. The topological polar surface area (TPSA) is 39.1 Å². The summed E-state index contributed by atoms with van der Waals surface area (Å²) in [5, 5.41) is 0. The second-order valence-electron chi connectivity index (χ2n) is 3.07. The first-order chi connectivity index (χ1) is 5.70. The van der Waals surface area contributed by atoms with Crippen molar-refractivity contribution in [2.75, 3.05) is 0 Å². The van der Waals surface area contributed by atoms with E-state index >= 15 is 0 Å². The van der Waals surface area contributed by atoms with E-state index in [0.29, 0.717) is 12.2 Å². The lowest BCUT2D eigenvalue weighted by molar-refractivity contribution is -0.119. The zero-order valence-corrected chi connectivity index (χ0v) is 6.78. The Bertz CT molecular complexity index is 351. The Morgan fingerprint density at radius 2 is 2.42 bits per heavy atom. The van der Waals surface area contributed by atoms with Gasteiger partial charge in [0.1, 0.15) is 11.7 Å². The van der Waals surface area contributed by atoms with Gasteiger partial charge in [-0.15, -0.1) is 0 Å². The van der Waals surface area contributed by atoms with Crippen LogP contribution in [0.1, 0.15) is 17.4 Å². The molecule has 3 nitrogen and oxygen atoms in total. The second kappa shape index (κ2) is 2.30. The van der Waals surface area contributed by atoms with Crippen molar-refractivity contribution in [2.45, 2.75) is 13.5 Å². The molecule has 0 saturated heterocycles. The highest BCUT2D eigenvalue weighted by Gasteiger charge is 2.32. The number of nitrogens with zero attached hydrogens (tertiary/aromatic N) is 1. The maximum absolute atomic E-state index is 11.5. The van der Waals surface area contributed by atoms with Gasteiger partial charge in [-0.2, -0.15) is 0 Å². The Morgan fingerprint density at radius 3 is 3.00 bits per heavy atom. The molecular weight excluding hydrogens is 154 g/mol. The van der Waals surface area contributed by atoms with Crippen molar-refractivity contribution < 1.29 is 9.59 Å². The standard InChI is InChI=1S/C9H9NO2/c1-6(11)7-5-10-4-2-3-8(10)9(7)12/h2-4,7H,5H2,1H3. The van der Waals surface area contributed by atoms with Gasteiger partial charge in [-0.05, 0) is 19.1 Å². The Hall–Kier alpha value is -1.38. The molecule has 0 N–H and O–H groups in total. The van der Waals surface area contributed by atoms with Crippen molar-refractivity contribution >= 4 is 11.6 Å². The minimum atomic E-state index is -0.429. The SMILES string of the molecule is CC(=O)C1Cn2cccc2C1=O. The highest BCUT2D eigenvalue weighted by Crippen LogP contribution is 2.21. The van der Waals surface area contributed by atoms with Crippen LogP contribution >= 0.6 is 0 Å². The summed E-state index contributed by atoms with van der Waals surface area (Å²) in [5.74, 6) is -0.502. The number of Topliss-reactive ketones (excluding diaryl/α,β-unsaturated/α-hetero) is 2. The average molecular weight is 163 g/mol. The third-order valence-electron chi connectivity index (χ3n) is 2.27. The number of hydrogen-bond acceptors (Lipinski definition) is 2. The maximum atomic E-state index is 11.5. The summed E-state index contributed by atoms with van der Waals surface area (Å²) in [6, 6.07) is 3.58. The molecule has 62 valence electrons. The van der Waals surface area contributed by atoms with Crippen molar-refractivity contribution in [1.29, 1.82) is 0 Å². The van der Waals surface area contributed by atoms with Crippen LogP contribution in [0.25, 0.3) is 0 Å². The van der Waals surface area contributed by atoms with Gasteiger partial charge in [-0.3, -0.25) is 9.59 Å². The van der Waals surface area contributed by atoms with Crippen LogP contribution in [-0.4, -0.2) is 16.1 Å². The minimum absolute atomic E-state index is 0.0347. The minimum Gasteiger partial charge on any atom is -0.344 e. The molecule has 0 aromatic carbocycles. The predicted octanol–water partition coefficient (Wildman–Crippen LogP) is 0.890. The number of fused-ring (bicyclic) bond motifs is 1. The molecule has 0 spiro atoms. The van der Waals surface area contributed by atoms with E-state index in [-0.39, 0.29) is 11.6 Å².